The SMILES string of the molecule is CC(C)C[C@@]1(C(=O)O)NCCc2[nH]cnc21. The van der Waals surface area contributed by atoms with Gasteiger partial charge in [-0.1, -0.05) is 13.8 Å². The van der Waals surface area contributed by atoms with Crippen LogP contribution in [0.25, 0.3) is 0 Å². The molecule has 0 fully saturated rings. The quantitative estimate of drug-likeness (QED) is 0.711. The number of hydrogen-bond acceptors (Lipinski definition) is 3. The summed E-state index contributed by atoms with van der Waals surface area (Å²) in [5.74, 6) is -0.541. The summed E-state index contributed by atoms with van der Waals surface area (Å²) in [4.78, 5) is 18.8. The zero-order valence-corrected chi connectivity index (χ0v) is 9.58. The van der Waals surface area contributed by atoms with Crippen LogP contribution in [-0.4, -0.2) is 27.6 Å². The molecule has 0 aliphatic carbocycles. The van der Waals surface area contributed by atoms with E-state index in [1.807, 2.05) is 13.8 Å². The minimum Gasteiger partial charge on any atom is -0.480 e. The summed E-state index contributed by atoms with van der Waals surface area (Å²) in [6, 6.07) is 0. The van der Waals surface area contributed by atoms with Crippen LogP contribution in [0.3, 0.4) is 0 Å². The van der Waals surface area contributed by atoms with Crippen molar-refractivity contribution in [1.29, 1.82) is 0 Å². The number of hydrogen-bond donors (Lipinski definition) is 3. The number of carbonyl (C=O) groups is 1. The molecule has 0 unspecified atom stereocenters. The number of fused-ring (bicyclic) bond motifs is 1. The second-order valence-electron chi connectivity index (χ2n) is 4.71. The Bertz CT molecular complexity index is 400. The van der Waals surface area contributed by atoms with Crippen LogP contribution in [0.5, 0.6) is 0 Å². The molecule has 3 N–H and O–H groups in total. The van der Waals surface area contributed by atoms with E-state index in [-0.39, 0.29) is 0 Å². The molecule has 2 heterocycles. The third-order valence-electron chi connectivity index (χ3n) is 3.00. The molecule has 1 aliphatic heterocycles. The normalized spacial score (nSPS) is 24.4. The van der Waals surface area contributed by atoms with Crippen molar-refractivity contribution < 1.29 is 9.90 Å². The van der Waals surface area contributed by atoms with E-state index < -0.39 is 11.5 Å². The summed E-state index contributed by atoms with van der Waals surface area (Å²) >= 11 is 0. The Hall–Kier alpha value is -1.36. The third-order valence-corrected chi connectivity index (χ3v) is 3.00. The highest BCUT2D eigenvalue weighted by molar-refractivity contribution is 5.81. The van der Waals surface area contributed by atoms with Crippen LogP contribution in [0.1, 0.15) is 31.7 Å². The number of rotatable bonds is 3. The molecule has 1 aromatic heterocycles. The van der Waals surface area contributed by atoms with Crippen LogP contribution < -0.4 is 5.32 Å². The first-order valence-corrected chi connectivity index (χ1v) is 5.57. The lowest BCUT2D eigenvalue weighted by Gasteiger charge is -2.34. The number of H-pyrrole nitrogens is 1. The average molecular weight is 223 g/mol. The first-order valence-electron chi connectivity index (χ1n) is 5.57. The van der Waals surface area contributed by atoms with E-state index >= 15 is 0 Å². The standard InChI is InChI=1S/C11H17N3O2/c1-7(2)5-11(10(15)16)9-8(3-4-14-11)12-6-13-9/h6-7,14H,3-5H2,1-2H3,(H,12,13)(H,15,16)/t11-/m1/s1. The molecule has 1 aliphatic rings. The largest absolute Gasteiger partial charge is 0.480 e. The molecule has 0 saturated heterocycles. The Morgan fingerprint density at radius 3 is 3.06 bits per heavy atom. The van der Waals surface area contributed by atoms with Gasteiger partial charge in [0.2, 0.25) is 0 Å². The molecule has 1 atom stereocenters. The number of aliphatic carboxylic acids is 1. The Kier molecular flexibility index (Phi) is 2.71. The maximum atomic E-state index is 11.6. The minimum atomic E-state index is -1.01. The molecule has 88 valence electrons. The molecular formula is C11H17N3O2. The van der Waals surface area contributed by atoms with Crippen molar-refractivity contribution in [3.8, 4) is 0 Å². The average Bonchev–Trinajstić information content (AvgIpc) is 2.65. The molecule has 0 bridgehead atoms. The Morgan fingerprint density at radius 1 is 1.69 bits per heavy atom. The monoisotopic (exact) mass is 223 g/mol. The van der Waals surface area contributed by atoms with Gasteiger partial charge in [0.15, 0.2) is 5.54 Å². The van der Waals surface area contributed by atoms with E-state index in [9.17, 15) is 9.90 Å². The van der Waals surface area contributed by atoms with Gasteiger partial charge in [0.25, 0.3) is 0 Å². The first-order chi connectivity index (χ1) is 7.56. The highest BCUT2D eigenvalue weighted by Crippen LogP contribution is 2.32. The van der Waals surface area contributed by atoms with Crippen molar-refractivity contribution in [1.82, 2.24) is 15.3 Å². The smallest absolute Gasteiger partial charge is 0.330 e. The maximum Gasteiger partial charge on any atom is 0.330 e. The van der Waals surface area contributed by atoms with Gasteiger partial charge in [-0.05, 0) is 12.3 Å². The molecule has 16 heavy (non-hydrogen) atoms. The number of nitrogens with zero attached hydrogens (tertiary/aromatic N) is 1. The van der Waals surface area contributed by atoms with Crippen LogP contribution in [0.4, 0.5) is 0 Å². The van der Waals surface area contributed by atoms with E-state index in [0.717, 1.165) is 12.1 Å². The van der Waals surface area contributed by atoms with E-state index in [2.05, 4.69) is 15.3 Å². The molecule has 0 radical (unpaired) electrons. The predicted molar refractivity (Wildman–Crippen MR) is 59.1 cm³/mol. The number of carboxylic acid groups (broad SMARTS) is 1. The summed E-state index contributed by atoms with van der Waals surface area (Å²) in [5, 5.41) is 12.6. The minimum absolute atomic E-state index is 0.297. The lowest BCUT2D eigenvalue weighted by atomic mass is 9.82. The van der Waals surface area contributed by atoms with Crippen LogP contribution in [0, 0.1) is 5.92 Å². The number of nitrogens with one attached hydrogen (secondary N) is 2. The highest BCUT2D eigenvalue weighted by Gasteiger charge is 2.45. The molecule has 1 aromatic rings. The van der Waals surface area contributed by atoms with Crippen molar-refractivity contribution in [3.05, 3.63) is 17.7 Å². The summed E-state index contributed by atoms with van der Waals surface area (Å²) < 4.78 is 0. The van der Waals surface area contributed by atoms with Gasteiger partial charge in [0, 0.05) is 18.7 Å². The van der Waals surface area contributed by atoms with Crippen LogP contribution >= 0.6 is 0 Å². The molecular weight excluding hydrogens is 206 g/mol. The van der Waals surface area contributed by atoms with Crippen LogP contribution in [0.15, 0.2) is 6.33 Å². The van der Waals surface area contributed by atoms with Crippen molar-refractivity contribution in [2.24, 2.45) is 5.92 Å². The lowest BCUT2D eigenvalue weighted by molar-refractivity contribution is -0.146. The van der Waals surface area contributed by atoms with E-state index in [0.29, 0.717) is 24.6 Å². The van der Waals surface area contributed by atoms with E-state index in [1.54, 1.807) is 6.33 Å². The highest BCUT2D eigenvalue weighted by atomic mass is 16.4. The van der Waals surface area contributed by atoms with Gasteiger partial charge in [0.05, 0.1) is 12.0 Å². The molecule has 2 rings (SSSR count). The molecule has 0 saturated carbocycles. The number of aromatic nitrogens is 2. The third kappa shape index (κ3) is 1.61. The van der Waals surface area contributed by atoms with E-state index in [4.69, 9.17) is 0 Å². The molecule has 0 spiro atoms. The predicted octanol–water partition coefficient (Wildman–Crippen LogP) is 0.881. The van der Waals surface area contributed by atoms with Gasteiger partial charge in [-0.3, -0.25) is 5.32 Å². The van der Waals surface area contributed by atoms with Crippen LogP contribution in [0.2, 0.25) is 0 Å². The second-order valence-corrected chi connectivity index (χ2v) is 4.71. The lowest BCUT2D eigenvalue weighted by Crippen LogP contribution is -2.54. The second kappa shape index (κ2) is 3.90. The summed E-state index contributed by atoms with van der Waals surface area (Å²) in [6.07, 6.45) is 2.94. The zero-order chi connectivity index (χ0) is 11.8. The topological polar surface area (TPSA) is 78.0 Å². The first kappa shape index (κ1) is 11.1. The van der Waals surface area contributed by atoms with Crippen molar-refractivity contribution >= 4 is 5.97 Å². The summed E-state index contributed by atoms with van der Waals surface area (Å²) in [6.45, 7) is 4.72. The zero-order valence-electron chi connectivity index (χ0n) is 9.58. The van der Waals surface area contributed by atoms with Gasteiger partial charge in [-0.25, -0.2) is 9.78 Å². The van der Waals surface area contributed by atoms with Crippen molar-refractivity contribution in [2.45, 2.75) is 32.2 Å². The molecule has 5 heteroatoms. The summed E-state index contributed by atoms with van der Waals surface area (Å²) in [7, 11) is 0. The van der Waals surface area contributed by atoms with Crippen molar-refractivity contribution in [3.63, 3.8) is 0 Å². The number of carboxylic acids is 1. The van der Waals surface area contributed by atoms with E-state index in [1.165, 1.54) is 0 Å². The fraction of sp³-hybridized carbons (Fsp3) is 0.636. The Balaban J connectivity index is 2.45. The van der Waals surface area contributed by atoms with Crippen LogP contribution in [-0.2, 0) is 16.8 Å². The van der Waals surface area contributed by atoms with Gasteiger partial charge in [0.1, 0.15) is 0 Å². The molecule has 5 nitrogen and oxygen atoms in total. The van der Waals surface area contributed by atoms with Gasteiger partial charge in [-0.2, -0.15) is 0 Å². The maximum absolute atomic E-state index is 11.6. The Morgan fingerprint density at radius 2 is 2.44 bits per heavy atom. The molecule has 0 aromatic carbocycles. The van der Waals surface area contributed by atoms with Gasteiger partial charge < -0.3 is 10.1 Å². The fourth-order valence-corrected chi connectivity index (χ4v) is 2.41. The van der Waals surface area contributed by atoms with Crippen molar-refractivity contribution in [2.75, 3.05) is 6.54 Å². The summed E-state index contributed by atoms with van der Waals surface area (Å²) in [5.41, 5.74) is 0.587. The van der Waals surface area contributed by atoms with Gasteiger partial charge >= 0.3 is 5.97 Å². The number of aromatic amines is 1. The fourth-order valence-electron chi connectivity index (χ4n) is 2.41. The van der Waals surface area contributed by atoms with Gasteiger partial charge in [-0.15, -0.1) is 0 Å². The molecule has 0 amide bonds. The number of imidazole rings is 1. The Labute approximate surface area is 94.3 Å².